The van der Waals surface area contributed by atoms with Crippen LogP contribution in [0.4, 0.5) is 0 Å². The second-order valence-electron chi connectivity index (χ2n) is 5.93. The highest BCUT2D eigenvalue weighted by Crippen LogP contribution is 2.04. The summed E-state index contributed by atoms with van der Waals surface area (Å²) in [4.78, 5) is 16.1. The lowest BCUT2D eigenvalue weighted by molar-refractivity contribution is -0.120. The minimum atomic E-state index is 0. The van der Waals surface area contributed by atoms with Crippen LogP contribution in [0.15, 0.2) is 35.3 Å². The molecule has 1 aromatic carbocycles. The molecule has 0 aliphatic heterocycles. The lowest BCUT2D eigenvalue weighted by atomic mass is 10.1. The van der Waals surface area contributed by atoms with Gasteiger partial charge in [0.05, 0.1) is 6.54 Å². The number of halogens is 1. The molecule has 0 saturated heterocycles. The smallest absolute Gasteiger partial charge is 0.221 e. The third-order valence-electron chi connectivity index (χ3n) is 3.62. The van der Waals surface area contributed by atoms with E-state index in [-0.39, 0.29) is 29.9 Å². The first-order valence-corrected chi connectivity index (χ1v) is 9.01. The Labute approximate surface area is 169 Å². The maximum absolute atomic E-state index is 11.6. The molecule has 0 fully saturated rings. The van der Waals surface area contributed by atoms with E-state index in [4.69, 9.17) is 0 Å². The van der Waals surface area contributed by atoms with Crippen LogP contribution in [0.2, 0.25) is 0 Å². The summed E-state index contributed by atoms with van der Waals surface area (Å²) in [6.07, 6.45) is 3.45. The van der Waals surface area contributed by atoms with E-state index in [0.29, 0.717) is 19.0 Å². The summed E-state index contributed by atoms with van der Waals surface area (Å²) in [6, 6.07) is 10.8. The Kier molecular flexibility index (Phi) is 14.2. The first kappa shape index (κ1) is 23.7. The standard InChI is InChI=1S/C19H32N4O.HI/c1-4-14-21-18(24)13-15-22-19(20-5-2)23-16(3)11-12-17-9-7-6-8-10-17;/h6-10,16H,4-5,11-15H2,1-3H3,(H,21,24)(H2,20,22,23);1H. The van der Waals surface area contributed by atoms with Gasteiger partial charge in [-0.1, -0.05) is 37.3 Å². The van der Waals surface area contributed by atoms with Gasteiger partial charge < -0.3 is 16.0 Å². The van der Waals surface area contributed by atoms with Gasteiger partial charge in [-0.15, -0.1) is 24.0 Å². The van der Waals surface area contributed by atoms with E-state index in [1.165, 1.54) is 5.56 Å². The van der Waals surface area contributed by atoms with Gasteiger partial charge in [0.2, 0.25) is 5.91 Å². The van der Waals surface area contributed by atoms with Crippen molar-refractivity contribution in [3.8, 4) is 0 Å². The lowest BCUT2D eigenvalue weighted by Crippen LogP contribution is -2.42. The highest BCUT2D eigenvalue weighted by atomic mass is 127. The molecule has 0 radical (unpaired) electrons. The average molecular weight is 460 g/mol. The summed E-state index contributed by atoms with van der Waals surface area (Å²) in [6.45, 7) is 8.28. The molecule has 0 aliphatic rings. The second-order valence-corrected chi connectivity index (χ2v) is 5.93. The quantitative estimate of drug-likeness (QED) is 0.286. The molecule has 0 saturated carbocycles. The molecule has 3 N–H and O–H groups in total. The average Bonchev–Trinajstić information content (AvgIpc) is 2.59. The van der Waals surface area contributed by atoms with Gasteiger partial charge in [-0.05, 0) is 38.7 Å². The van der Waals surface area contributed by atoms with Crippen LogP contribution >= 0.6 is 24.0 Å². The van der Waals surface area contributed by atoms with Crippen LogP contribution in [0.25, 0.3) is 0 Å². The number of hydrogen-bond donors (Lipinski definition) is 3. The van der Waals surface area contributed by atoms with Crippen LogP contribution in [-0.2, 0) is 11.2 Å². The summed E-state index contributed by atoms with van der Waals surface area (Å²) >= 11 is 0. The van der Waals surface area contributed by atoms with Crippen molar-refractivity contribution in [1.29, 1.82) is 0 Å². The van der Waals surface area contributed by atoms with Gasteiger partial charge >= 0.3 is 0 Å². The minimum Gasteiger partial charge on any atom is -0.357 e. The van der Waals surface area contributed by atoms with Gasteiger partial charge in [0.15, 0.2) is 5.96 Å². The van der Waals surface area contributed by atoms with Crippen LogP contribution < -0.4 is 16.0 Å². The Hall–Kier alpha value is -1.31. The van der Waals surface area contributed by atoms with E-state index in [2.05, 4.69) is 52.1 Å². The number of carbonyl (C=O) groups excluding carboxylic acids is 1. The third kappa shape index (κ3) is 11.8. The minimum absolute atomic E-state index is 0. The van der Waals surface area contributed by atoms with Gasteiger partial charge in [-0.3, -0.25) is 9.79 Å². The molecule has 1 unspecified atom stereocenters. The Morgan fingerprint density at radius 1 is 1.16 bits per heavy atom. The number of benzene rings is 1. The molecule has 1 rings (SSSR count). The number of guanidine groups is 1. The zero-order chi connectivity index (χ0) is 17.6. The fourth-order valence-corrected chi connectivity index (χ4v) is 2.28. The molecule has 1 amide bonds. The van der Waals surface area contributed by atoms with E-state index < -0.39 is 0 Å². The van der Waals surface area contributed by atoms with Crippen molar-refractivity contribution >= 4 is 35.8 Å². The van der Waals surface area contributed by atoms with Gasteiger partial charge in [-0.25, -0.2) is 0 Å². The van der Waals surface area contributed by atoms with E-state index in [1.807, 2.05) is 19.9 Å². The number of aliphatic imine (C=N–C) groups is 1. The molecule has 6 heteroatoms. The maximum Gasteiger partial charge on any atom is 0.221 e. The predicted octanol–water partition coefficient (Wildman–Crippen LogP) is 3.10. The van der Waals surface area contributed by atoms with Gasteiger partial charge in [-0.2, -0.15) is 0 Å². The first-order chi connectivity index (χ1) is 11.7. The molecule has 5 nitrogen and oxygen atoms in total. The van der Waals surface area contributed by atoms with Crippen molar-refractivity contribution in [2.75, 3.05) is 19.6 Å². The molecular weight excluding hydrogens is 427 g/mol. The van der Waals surface area contributed by atoms with Gasteiger partial charge in [0, 0.05) is 25.6 Å². The molecule has 0 aliphatic carbocycles. The highest BCUT2D eigenvalue weighted by Gasteiger charge is 2.06. The maximum atomic E-state index is 11.6. The Bertz CT molecular complexity index is 493. The lowest BCUT2D eigenvalue weighted by Gasteiger charge is -2.18. The normalized spacial score (nSPS) is 12.0. The van der Waals surface area contributed by atoms with E-state index >= 15 is 0 Å². The Morgan fingerprint density at radius 3 is 2.52 bits per heavy atom. The fourth-order valence-electron chi connectivity index (χ4n) is 2.28. The van der Waals surface area contributed by atoms with Crippen molar-refractivity contribution in [1.82, 2.24) is 16.0 Å². The first-order valence-electron chi connectivity index (χ1n) is 9.01. The highest BCUT2D eigenvalue weighted by molar-refractivity contribution is 14.0. The van der Waals surface area contributed by atoms with E-state index in [0.717, 1.165) is 38.3 Å². The topological polar surface area (TPSA) is 65.5 Å². The molecule has 1 aromatic rings. The van der Waals surface area contributed by atoms with Crippen molar-refractivity contribution in [2.24, 2.45) is 4.99 Å². The van der Waals surface area contributed by atoms with Crippen molar-refractivity contribution in [3.63, 3.8) is 0 Å². The summed E-state index contributed by atoms with van der Waals surface area (Å²) in [5.41, 5.74) is 1.35. The number of rotatable bonds is 10. The van der Waals surface area contributed by atoms with Crippen LogP contribution in [0.1, 0.15) is 45.6 Å². The van der Waals surface area contributed by atoms with Crippen molar-refractivity contribution in [2.45, 2.75) is 52.5 Å². The third-order valence-corrected chi connectivity index (χ3v) is 3.62. The van der Waals surface area contributed by atoms with Crippen LogP contribution in [0, 0.1) is 0 Å². The summed E-state index contributed by atoms with van der Waals surface area (Å²) < 4.78 is 0. The van der Waals surface area contributed by atoms with Crippen molar-refractivity contribution < 1.29 is 4.79 Å². The molecule has 142 valence electrons. The predicted molar refractivity (Wildman–Crippen MR) is 117 cm³/mol. The van der Waals surface area contributed by atoms with Gasteiger partial charge in [0.25, 0.3) is 0 Å². The largest absolute Gasteiger partial charge is 0.357 e. The molecule has 0 heterocycles. The molecular formula is C19H33IN4O. The number of nitrogens with one attached hydrogen (secondary N) is 3. The van der Waals surface area contributed by atoms with E-state index in [1.54, 1.807) is 0 Å². The molecule has 0 aromatic heterocycles. The number of amides is 1. The number of hydrogen-bond acceptors (Lipinski definition) is 2. The van der Waals surface area contributed by atoms with Crippen molar-refractivity contribution in [3.05, 3.63) is 35.9 Å². The summed E-state index contributed by atoms with van der Waals surface area (Å²) in [5.74, 6) is 0.843. The molecule has 0 bridgehead atoms. The molecule has 25 heavy (non-hydrogen) atoms. The molecule has 0 spiro atoms. The number of nitrogens with zero attached hydrogens (tertiary/aromatic N) is 1. The zero-order valence-corrected chi connectivity index (χ0v) is 18.0. The Balaban J connectivity index is 0.00000576. The molecule has 1 atom stereocenters. The number of aryl methyl sites for hydroxylation is 1. The van der Waals surface area contributed by atoms with Crippen LogP contribution in [0.3, 0.4) is 0 Å². The fraction of sp³-hybridized carbons (Fsp3) is 0.579. The van der Waals surface area contributed by atoms with Crippen LogP contribution in [-0.4, -0.2) is 37.5 Å². The summed E-state index contributed by atoms with van der Waals surface area (Å²) in [5, 5.41) is 9.52. The SMILES string of the molecule is CCCNC(=O)CCN=C(NCC)NC(C)CCc1ccccc1.I. The van der Waals surface area contributed by atoms with Crippen LogP contribution in [0.5, 0.6) is 0 Å². The van der Waals surface area contributed by atoms with Gasteiger partial charge in [0.1, 0.15) is 0 Å². The second kappa shape index (κ2) is 15.0. The van der Waals surface area contributed by atoms with E-state index in [9.17, 15) is 4.79 Å². The summed E-state index contributed by atoms with van der Waals surface area (Å²) in [7, 11) is 0. The zero-order valence-electron chi connectivity index (χ0n) is 15.7. The Morgan fingerprint density at radius 2 is 1.88 bits per heavy atom. The number of carbonyl (C=O) groups is 1. The monoisotopic (exact) mass is 460 g/mol.